The summed E-state index contributed by atoms with van der Waals surface area (Å²) in [5.41, 5.74) is 0. The Balaban J connectivity index is 3.31. The molecule has 2 nitrogen and oxygen atoms in total. The molecule has 4 heteroatoms. The maximum atomic E-state index is 10.9. The lowest BCUT2D eigenvalue weighted by Crippen LogP contribution is -2.07. The van der Waals surface area contributed by atoms with E-state index in [0.29, 0.717) is 13.0 Å². The van der Waals surface area contributed by atoms with Gasteiger partial charge in [-0.3, -0.25) is 4.79 Å². The summed E-state index contributed by atoms with van der Waals surface area (Å²) in [5.74, 6) is 0.741. The molecule has 0 saturated carbocycles. The highest BCUT2D eigenvalue weighted by atomic mass is 33.1. The van der Waals surface area contributed by atoms with Gasteiger partial charge in [0.2, 0.25) is 0 Å². The summed E-state index contributed by atoms with van der Waals surface area (Å²) in [7, 11) is 3.53. The van der Waals surface area contributed by atoms with Gasteiger partial charge >= 0.3 is 5.97 Å². The number of carbonyl (C=O) groups is 1. The fourth-order valence-corrected chi connectivity index (χ4v) is 2.82. The summed E-state index contributed by atoms with van der Waals surface area (Å²) in [4.78, 5) is 10.9. The Hall–Kier alpha value is 0.170. The van der Waals surface area contributed by atoms with Crippen LogP contribution in [-0.2, 0) is 9.53 Å². The van der Waals surface area contributed by atoms with Gasteiger partial charge < -0.3 is 4.74 Å². The molecule has 0 unspecified atom stereocenters. The van der Waals surface area contributed by atoms with Gasteiger partial charge in [-0.15, -0.1) is 0 Å². The summed E-state index contributed by atoms with van der Waals surface area (Å²) >= 11 is 0. The first-order valence-corrected chi connectivity index (χ1v) is 6.74. The van der Waals surface area contributed by atoms with Gasteiger partial charge in [0.1, 0.15) is 0 Å². The van der Waals surface area contributed by atoms with Crippen molar-refractivity contribution in [3.63, 3.8) is 0 Å². The van der Waals surface area contributed by atoms with Gasteiger partial charge in [0.25, 0.3) is 0 Å². The van der Waals surface area contributed by atoms with Crippen molar-refractivity contribution >= 4 is 27.6 Å². The van der Waals surface area contributed by atoms with E-state index in [-0.39, 0.29) is 10.7 Å². The van der Waals surface area contributed by atoms with Crippen LogP contribution in [0.15, 0.2) is 0 Å². The number of ether oxygens (including phenoxy) is 1. The van der Waals surface area contributed by atoms with Crippen molar-refractivity contribution in [2.75, 3.05) is 12.4 Å². The zero-order chi connectivity index (χ0) is 10.3. The van der Waals surface area contributed by atoms with E-state index < -0.39 is 0 Å². The highest BCUT2D eigenvalue weighted by Crippen LogP contribution is 2.35. The maximum Gasteiger partial charge on any atom is 0.306 e. The van der Waals surface area contributed by atoms with Gasteiger partial charge in [-0.1, -0.05) is 42.4 Å². The average molecular weight is 222 g/mol. The van der Waals surface area contributed by atoms with Gasteiger partial charge in [-0.2, -0.15) is 0 Å². The molecular formula is C9H18O2S2. The van der Waals surface area contributed by atoms with Crippen LogP contribution in [0.3, 0.4) is 0 Å². The summed E-state index contributed by atoms with van der Waals surface area (Å²) in [6.07, 6.45) is 0.515. The molecule has 0 bridgehead atoms. The Morgan fingerprint density at radius 2 is 2.00 bits per heavy atom. The molecule has 0 amide bonds. The van der Waals surface area contributed by atoms with Crippen molar-refractivity contribution in [2.24, 2.45) is 0 Å². The number of carbonyl (C=O) groups excluding carboxylic acids is 1. The van der Waals surface area contributed by atoms with Crippen molar-refractivity contribution in [1.29, 1.82) is 0 Å². The Kier molecular flexibility index (Phi) is 6.68. The molecule has 0 aliphatic heterocycles. The van der Waals surface area contributed by atoms with Crippen LogP contribution in [0.5, 0.6) is 0 Å². The SMILES string of the molecule is CCOC(=O)CCSSC(C)(C)C. The number of hydrogen-bond acceptors (Lipinski definition) is 4. The third-order valence-corrected chi connectivity index (χ3v) is 4.35. The molecule has 0 aromatic rings. The van der Waals surface area contributed by atoms with Crippen LogP contribution in [0.1, 0.15) is 34.1 Å². The van der Waals surface area contributed by atoms with Crippen LogP contribution in [-0.4, -0.2) is 23.1 Å². The molecule has 0 aromatic heterocycles. The first kappa shape index (κ1) is 13.2. The highest BCUT2D eigenvalue weighted by Gasteiger charge is 2.11. The predicted molar refractivity (Wildman–Crippen MR) is 61.1 cm³/mol. The van der Waals surface area contributed by atoms with Crippen molar-refractivity contribution in [3.05, 3.63) is 0 Å². The second-order valence-corrected chi connectivity index (χ2v) is 6.82. The second-order valence-electron chi connectivity index (χ2n) is 3.57. The molecule has 13 heavy (non-hydrogen) atoms. The van der Waals surface area contributed by atoms with E-state index >= 15 is 0 Å². The fourth-order valence-electron chi connectivity index (χ4n) is 0.577. The van der Waals surface area contributed by atoms with E-state index in [1.807, 2.05) is 6.92 Å². The lowest BCUT2D eigenvalue weighted by Gasteiger charge is -2.15. The van der Waals surface area contributed by atoms with Gasteiger partial charge in [0.15, 0.2) is 0 Å². The van der Waals surface area contributed by atoms with E-state index in [2.05, 4.69) is 20.8 Å². The van der Waals surface area contributed by atoms with Gasteiger partial charge in [0.05, 0.1) is 13.0 Å². The molecule has 0 aliphatic carbocycles. The van der Waals surface area contributed by atoms with E-state index in [0.717, 1.165) is 5.75 Å². The first-order valence-electron chi connectivity index (χ1n) is 4.42. The van der Waals surface area contributed by atoms with E-state index in [1.165, 1.54) is 0 Å². The summed E-state index contributed by atoms with van der Waals surface area (Å²) in [5, 5.41) is 0. The van der Waals surface area contributed by atoms with Crippen LogP contribution in [0.4, 0.5) is 0 Å². The number of hydrogen-bond donors (Lipinski definition) is 0. The van der Waals surface area contributed by atoms with Crippen LogP contribution >= 0.6 is 21.6 Å². The highest BCUT2D eigenvalue weighted by molar-refractivity contribution is 8.77. The van der Waals surface area contributed by atoms with E-state index in [9.17, 15) is 4.79 Å². The Labute approximate surface area is 88.6 Å². The van der Waals surface area contributed by atoms with Crippen LogP contribution in [0, 0.1) is 0 Å². The normalized spacial score (nSPS) is 11.4. The summed E-state index contributed by atoms with van der Waals surface area (Å²) < 4.78 is 5.08. The third-order valence-electron chi connectivity index (χ3n) is 1.00. The first-order chi connectivity index (χ1) is 5.95. The zero-order valence-electron chi connectivity index (χ0n) is 8.75. The maximum absolute atomic E-state index is 10.9. The molecule has 0 radical (unpaired) electrons. The van der Waals surface area contributed by atoms with Gasteiger partial charge in [0, 0.05) is 10.5 Å². The molecule has 0 fully saturated rings. The van der Waals surface area contributed by atoms with Crippen molar-refractivity contribution in [2.45, 2.75) is 38.9 Å². The molecule has 0 aliphatic rings. The molecule has 0 saturated heterocycles. The lowest BCUT2D eigenvalue weighted by molar-refractivity contribution is -0.142. The Bertz CT molecular complexity index is 152. The number of esters is 1. The van der Waals surface area contributed by atoms with Gasteiger partial charge in [-0.25, -0.2) is 0 Å². The largest absolute Gasteiger partial charge is 0.466 e. The molecule has 78 valence electrons. The Morgan fingerprint density at radius 3 is 2.46 bits per heavy atom. The van der Waals surface area contributed by atoms with Crippen LogP contribution in [0.2, 0.25) is 0 Å². The predicted octanol–water partition coefficient (Wildman–Crippen LogP) is 3.12. The topological polar surface area (TPSA) is 26.3 Å². The molecule has 0 rings (SSSR count). The second kappa shape index (κ2) is 6.60. The minimum absolute atomic E-state index is 0.0930. The monoisotopic (exact) mass is 222 g/mol. The van der Waals surface area contributed by atoms with Crippen LogP contribution in [0.25, 0.3) is 0 Å². The third kappa shape index (κ3) is 10.1. The minimum Gasteiger partial charge on any atom is -0.466 e. The van der Waals surface area contributed by atoms with Gasteiger partial charge in [-0.05, 0) is 6.92 Å². The van der Waals surface area contributed by atoms with Crippen LogP contribution < -0.4 is 0 Å². The summed E-state index contributed by atoms with van der Waals surface area (Å²) in [6.45, 7) is 8.80. The van der Waals surface area contributed by atoms with Crippen molar-refractivity contribution < 1.29 is 9.53 Å². The molecule has 0 spiro atoms. The lowest BCUT2D eigenvalue weighted by atomic mass is 10.3. The molecular weight excluding hydrogens is 204 g/mol. The minimum atomic E-state index is -0.0930. The van der Waals surface area contributed by atoms with E-state index in [4.69, 9.17) is 4.74 Å². The summed E-state index contributed by atoms with van der Waals surface area (Å²) in [6, 6.07) is 0. The smallest absolute Gasteiger partial charge is 0.306 e. The Morgan fingerprint density at radius 1 is 1.38 bits per heavy atom. The van der Waals surface area contributed by atoms with Crippen molar-refractivity contribution in [1.82, 2.24) is 0 Å². The van der Waals surface area contributed by atoms with Crippen molar-refractivity contribution in [3.8, 4) is 0 Å². The standard InChI is InChI=1S/C9H18O2S2/c1-5-11-8(10)6-7-12-13-9(2,3)4/h5-7H2,1-4H3. The molecule has 0 aromatic carbocycles. The quantitative estimate of drug-likeness (QED) is 0.405. The fraction of sp³-hybridized carbons (Fsp3) is 0.889. The molecule has 0 heterocycles. The van der Waals surface area contributed by atoms with E-state index in [1.54, 1.807) is 21.6 Å². The average Bonchev–Trinajstić information content (AvgIpc) is 1.97. The molecule has 0 N–H and O–H groups in total. The zero-order valence-corrected chi connectivity index (χ0v) is 10.4. The number of rotatable bonds is 5. The molecule has 0 atom stereocenters.